The summed E-state index contributed by atoms with van der Waals surface area (Å²) in [5.74, 6) is -1.74. The number of carbonyl (C=O) groups excluding carboxylic acids is 3. The molecule has 2 heterocycles. The Balaban J connectivity index is 1.85. The van der Waals surface area contributed by atoms with Crippen LogP contribution < -0.4 is 0 Å². The first kappa shape index (κ1) is 16.1. The van der Waals surface area contributed by atoms with Gasteiger partial charge in [0.15, 0.2) is 0 Å². The van der Waals surface area contributed by atoms with Crippen molar-refractivity contribution in [3.8, 4) is 0 Å². The van der Waals surface area contributed by atoms with Gasteiger partial charge in [-0.15, -0.1) is 0 Å². The summed E-state index contributed by atoms with van der Waals surface area (Å²) in [6, 6.07) is 3.98. The maximum Gasteiger partial charge on any atom is 0.282 e. The molecular formula is C16H17N3O5. The first-order valence-electron chi connectivity index (χ1n) is 7.85. The summed E-state index contributed by atoms with van der Waals surface area (Å²) < 4.78 is 0. The van der Waals surface area contributed by atoms with Gasteiger partial charge in [-0.25, -0.2) is 0 Å². The number of imide groups is 1. The zero-order valence-corrected chi connectivity index (χ0v) is 13.2. The van der Waals surface area contributed by atoms with Gasteiger partial charge in [0.1, 0.15) is 12.1 Å². The number of nitro benzene ring substituents is 1. The van der Waals surface area contributed by atoms with E-state index in [0.717, 1.165) is 24.2 Å². The number of carbonyl (C=O) groups is 3. The maximum atomic E-state index is 12.5. The molecule has 3 rings (SSSR count). The molecule has 0 aliphatic carbocycles. The lowest BCUT2D eigenvalue weighted by Crippen LogP contribution is -2.48. The summed E-state index contributed by atoms with van der Waals surface area (Å²) in [5.41, 5.74) is -0.659. The third kappa shape index (κ3) is 2.53. The van der Waals surface area contributed by atoms with Gasteiger partial charge in [0, 0.05) is 18.7 Å². The molecule has 3 amide bonds. The van der Waals surface area contributed by atoms with E-state index < -0.39 is 22.4 Å². The number of nitrogens with zero attached hydrogens (tertiary/aromatic N) is 3. The largest absolute Gasteiger partial charge is 0.338 e. The summed E-state index contributed by atoms with van der Waals surface area (Å²) in [6.45, 7) is 2.15. The molecule has 0 bridgehead atoms. The molecule has 1 aromatic carbocycles. The van der Waals surface area contributed by atoms with E-state index in [0.29, 0.717) is 6.54 Å². The first-order chi connectivity index (χ1) is 11.4. The fourth-order valence-electron chi connectivity index (χ4n) is 3.31. The van der Waals surface area contributed by atoms with Gasteiger partial charge >= 0.3 is 0 Å². The van der Waals surface area contributed by atoms with Crippen LogP contribution in [0.5, 0.6) is 0 Å². The van der Waals surface area contributed by atoms with Crippen LogP contribution in [0.3, 0.4) is 0 Å². The highest BCUT2D eigenvalue weighted by Gasteiger charge is 2.42. The fraction of sp³-hybridized carbons (Fsp3) is 0.438. The predicted octanol–water partition coefficient (Wildman–Crippen LogP) is 1.59. The number of rotatable bonds is 3. The van der Waals surface area contributed by atoms with E-state index in [1.165, 1.54) is 18.2 Å². The van der Waals surface area contributed by atoms with Crippen molar-refractivity contribution in [2.45, 2.75) is 32.2 Å². The summed E-state index contributed by atoms with van der Waals surface area (Å²) in [5, 5.41) is 11.1. The Morgan fingerprint density at radius 1 is 1.29 bits per heavy atom. The summed E-state index contributed by atoms with van der Waals surface area (Å²) in [4.78, 5) is 50.2. The molecule has 0 spiro atoms. The molecular weight excluding hydrogens is 314 g/mol. The molecule has 8 heteroatoms. The minimum absolute atomic E-state index is 0.0197. The van der Waals surface area contributed by atoms with Crippen LogP contribution >= 0.6 is 0 Å². The Morgan fingerprint density at radius 3 is 2.71 bits per heavy atom. The van der Waals surface area contributed by atoms with E-state index in [1.807, 2.05) is 6.92 Å². The maximum absolute atomic E-state index is 12.5. The Morgan fingerprint density at radius 2 is 2.04 bits per heavy atom. The standard InChI is InChI=1S/C16H17N3O5/c1-10-5-2-3-8-17(10)13(20)9-18-15(21)11-6-4-7-12(19(23)24)14(11)16(18)22/h4,6-7,10H,2-3,5,8-9H2,1H3. The molecule has 1 atom stereocenters. The highest BCUT2D eigenvalue weighted by Crippen LogP contribution is 2.30. The quantitative estimate of drug-likeness (QED) is 0.475. The van der Waals surface area contributed by atoms with Crippen LogP contribution in [0.4, 0.5) is 5.69 Å². The first-order valence-corrected chi connectivity index (χ1v) is 7.85. The van der Waals surface area contributed by atoms with Gasteiger partial charge in [-0.1, -0.05) is 6.07 Å². The lowest BCUT2D eigenvalue weighted by Gasteiger charge is -2.34. The predicted molar refractivity (Wildman–Crippen MR) is 83.5 cm³/mol. The summed E-state index contributed by atoms with van der Waals surface area (Å²) in [7, 11) is 0. The summed E-state index contributed by atoms with van der Waals surface area (Å²) in [6.07, 6.45) is 2.83. The van der Waals surface area contributed by atoms with E-state index in [-0.39, 0.29) is 29.6 Å². The second kappa shape index (κ2) is 6.03. The molecule has 0 aromatic heterocycles. The van der Waals surface area contributed by atoms with Crippen LogP contribution in [0, 0.1) is 10.1 Å². The molecule has 2 aliphatic heterocycles. The second-order valence-corrected chi connectivity index (χ2v) is 6.09. The number of likely N-dealkylation sites (tertiary alicyclic amines) is 1. The Labute approximate surface area is 138 Å². The highest BCUT2D eigenvalue weighted by molar-refractivity contribution is 6.24. The average molecular weight is 331 g/mol. The Hall–Kier alpha value is -2.77. The molecule has 0 saturated carbocycles. The zero-order chi connectivity index (χ0) is 17.4. The van der Waals surface area contributed by atoms with Crippen molar-refractivity contribution in [1.82, 2.24) is 9.80 Å². The Kier molecular flexibility index (Phi) is 4.04. The lowest BCUT2D eigenvalue weighted by atomic mass is 10.0. The SMILES string of the molecule is CC1CCCCN1C(=O)CN1C(=O)c2cccc([N+](=O)[O-])c2C1=O. The van der Waals surface area contributed by atoms with E-state index in [1.54, 1.807) is 4.90 Å². The number of piperidine rings is 1. The fourth-order valence-corrected chi connectivity index (χ4v) is 3.31. The van der Waals surface area contributed by atoms with Crippen molar-refractivity contribution in [2.24, 2.45) is 0 Å². The van der Waals surface area contributed by atoms with Crippen LogP contribution in [0.25, 0.3) is 0 Å². The van der Waals surface area contributed by atoms with Crippen molar-refractivity contribution in [1.29, 1.82) is 0 Å². The lowest BCUT2D eigenvalue weighted by molar-refractivity contribution is -0.385. The van der Waals surface area contributed by atoms with Crippen LogP contribution in [0.2, 0.25) is 0 Å². The minimum atomic E-state index is -0.777. The van der Waals surface area contributed by atoms with Crippen molar-refractivity contribution in [2.75, 3.05) is 13.1 Å². The number of fused-ring (bicyclic) bond motifs is 1. The molecule has 1 saturated heterocycles. The van der Waals surface area contributed by atoms with E-state index in [9.17, 15) is 24.5 Å². The van der Waals surface area contributed by atoms with Gasteiger partial charge in [0.25, 0.3) is 17.5 Å². The molecule has 1 aromatic rings. The van der Waals surface area contributed by atoms with Crippen molar-refractivity contribution < 1.29 is 19.3 Å². The van der Waals surface area contributed by atoms with Crippen molar-refractivity contribution >= 4 is 23.4 Å². The van der Waals surface area contributed by atoms with Crippen molar-refractivity contribution in [3.63, 3.8) is 0 Å². The smallest absolute Gasteiger partial charge is 0.282 e. The molecule has 1 unspecified atom stereocenters. The highest BCUT2D eigenvalue weighted by atomic mass is 16.6. The molecule has 24 heavy (non-hydrogen) atoms. The monoisotopic (exact) mass is 331 g/mol. The normalized spacial score (nSPS) is 20.3. The van der Waals surface area contributed by atoms with Gasteiger partial charge in [0.05, 0.1) is 10.5 Å². The van der Waals surface area contributed by atoms with E-state index >= 15 is 0 Å². The summed E-state index contributed by atoms with van der Waals surface area (Å²) >= 11 is 0. The third-order valence-electron chi connectivity index (χ3n) is 4.59. The molecule has 126 valence electrons. The topological polar surface area (TPSA) is 101 Å². The van der Waals surface area contributed by atoms with Gasteiger partial charge in [-0.05, 0) is 32.3 Å². The number of hydrogen-bond acceptors (Lipinski definition) is 5. The van der Waals surface area contributed by atoms with E-state index in [2.05, 4.69) is 0 Å². The molecule has 1 fully saturated rings. The number of amides is 3. The molecule has 0 radical (unpaired) electrons. The number of hydrogen-bond donors (Lipinski definition) is 0. The number of nitro groups is 1. The minimum Gasteiger partial charge on any atom is -0.338 e. The van der Waals surface area contributed by atoms with Gasteiger partial charge in [-0.3, -0.25) is 29.4 Å². The van der Waals surface area contributed by atoms with Crippen LogP contribution in [0.1, 0.15) is 46.9 Å². The molecule has 8 nitrogen and oxygen atoms in total. The van der Waals surface area contributed by atoms with Crippen LogP contribution in [-0.4, -0.2) is 51.6 Å². The third-order valence-corrected chi connectivity index (χ3v) is 4.59. The second-order valence-electron chi connectivity index (χ2n) is 6.09. The van der Waals surface area contributed by atoms with Gasteiger partial charge in [-0.2, -0.15) is 0 Å². The van der Waals surface area contributed by atoms with Crippen molar-refractivity contribution in [3.05, 3.63) is 39.4 Å². The zero-order valence-electron chi connectivity index (χ0n) is 13.2. The van der Waals surface area contributed by atoms with Crippen LogP contribution in [-0.2, 0) is 4.79 Å². The van der Waals surface area contributed by atoms with Gasteiger partial charge in [0.2, 0.25) is 5.91 Å². The van der Waals surface area contributed by atoms with Crippen LogP contribution in [0.15, 0.2) is 18.2 Å². The average Bonchev–Trinajstić information content (AvgIpc) is 2.80. The Bertz CT molecular complexity index is 745. The number of benzene rings is 1. The van der Waals surface area contributed by atoms with Gasteiger partial charge < -0.3 is 4.90 Å². The molecule has 2 aliphatic rings. The van der Waals surface area contributed by atoms with E-state index in [4.69, 9.17) is 0 Å². The molecule has 0 N–H and O–H groups in total.